The van der Waals surface area contributed by atoms with Crippen molar-refractivity contribution in [3.8, 4) is 23.0 Å². The molecule has 4 N–H and O–H groups in total. The van der Waals surface area contributed by atoms with E-state index in [0.717, 1.165) is 36.4 Å². The van der Waals surface area contributed by atoms with E-state index in [4.69, 9.17) is 20.4 Å². The molecule has 152 valence electrons. The normalized spacial score (nSPS) is 9.93. The van der Waals surface area contributed by atoms with Crippen molar-refractivity contribution in [1.82, 2.24) is 0 Å². The summed E-state index contributed by atoms with van der Waals surface area (Å²) in [7, 11) is 0. The summed E-state index contributed by atoms with van der Waals surface area (Å²) in [6.07, 6.45) is -6.78. The van der Waals surface area contributed by atoms with Crippen molar-refractivity contribution in [1.29, 1.82) is 0 Å². The van der Waals surface area contributed by atoms with Gasteiger partial charge in [0.25, 0.3) is 0 Å². The van der Waals surface area contributed by atoms with Gasteiger partial charge in [-0.25, -0.2) is 19.2 Å². The first kappa shape index (κ1) is 20.8. The van der Waals surface area contributed by atoms with E-state index >= 15 is 0 Å². The van der Waals surface area contributed by atoms with Gasteiger partial charge >= 0.3 is 24.6 Å². The molecule has 0 saturated carbocycles. The number of carbonyl (C=O) groups is 4. The zero-order valence-corrected chi connectivity index (χ0v) is 14.2. The van der Waals surface area contributed by atoms with Crippen LogP contribution in [0.3, 0.4) is 0 Å². The molecule has 0 amide bonds. The second-order valence-electron chi connectivity index (χ2n) is 5.19. The Labute approximate surface area is 161 Å². The Morgan fingerprint density at radius 2 is 0.931 bits per heavy atom. The molecule has 12 heteroatoms. The van der Waals surface area contributed by atoms with Gasteiger partial charge in [-0.1, -0.05) is 0 Å². The van der Waals surface area contributed by atoms with Gasteiger partial charge in [0.05, 0.1) is 0 Å². The average Bonchev–Trinajstić information content (AvgIpc) is 2.57. The second kappa shape index (κ2) is 8.94. The monoisotopic (exact) mass is 408 g/mol. The number of ether oxygens (including phenoxy) is 4. The van der Waals surface area contributed by atoms with Crippen molar-refractivity contribution in [2.75, 3.05) is 0 Å². The van der Waals surface area contributed by atoms with Crippen LogP contribution in [0.15, 0.2) is 36.4 Å². The molecule has 0 radical (unpaired) electrons. The Kier molecular flexibility index (Phi) is 6.42. The van der Waals surface area contributed by atoms with Gasteiger partial charge in [-0.05, 0) is 36.4 Å². The van der Waals surface area contributed by atoms with Crippen molar-refractivity contribution in [3.63, 3.8) is 0 Å². The Balaban J connectivity index is 2.50. The maximum absolute atomic E-state index is 10.9. The van der Waals surface area contributed by atoms with Crippen LogP contribution in [0.4, 0.5) is 19.2 Å². The van der Waals surface area contributed by atoms with E-state index in [-0.39, 0.29) is 40.5 Å². The van der Waals surface area contributed by atoms with Crippen LogP contribution in [-0.2, 0) is 6.42 Å². The summed E-state index contributed by atoms with van der Waals surface area (Å²) >= 11 is 0. The molecule has 2 rings (SSSR count). The van der Waals surface area contributed by atoms with Crippen molar-refractivity contribution in [2.24, 2.45) is 0 Å². The number of rotatable bonds is 6. The third-order valence-corrected chi connectivity index (χ3v) is 3.25. The lowest BCUT2D eigenvalue weighted by atomic mass is 10.0. The van der Waals surface area contributed by atoms with Crippen LogP contribution in [0.2, 0.25) is 0 Å². The molecule has 0 fully saturated rings. The van der Waals surface area contributed by atoms with Crippen LogP contribution < -0.4 is 18.9 Å². The van der Waals surface area contributed by atoms with Gasteiger partial charge in [0.15, 0.2) is 0 Å². The number of hydrogen-bond donors (Lipinski definition) is 4. The fraction of sp³-hybridized carbons (Fsp3) is 0.0588. The maximum Gasteiger partial charge on any atom is 0.511 e. The lowest BCUT2D eigenvalue weighted by molar-refractivity contribution is 0.140. The van der Waals surface area contributed by atoms with E-state index < -0.39 is 24.6 Å². The molecule has 0 spiro atoms. The molecule has 2 aromatic carbocycles. The Morgan fingerprint density at radius 3 is 1.24 bits per heavy atom. The highest BCUT2D eigenvalue weighted by atomic mass is 16.7. The van der Waals surface area contributed by atoms with E-state index in [2.05, 4.69) is 18.9 Å². The molecular formula is C17H12O12. The van der Waals surface area contributed by atoms with Crippen LogP contribution in [-0.4, -0.2) is 45.0 Å². The summed E-state index contributed by atoms with van der Waals surface area (Å²) in [6, 6.07) is 6.88. The van der Waals surface area contributed by atoms with E-state index in [9.17, 15) is 19.2 Å². The molecule has 0 saturated heterocycles. The van der Waals surface area contributed by atoms with Gasteiger partial charge in [-0.2, -0.15) is 0 Å². The topological polar surface area (TPSA) is 186 Å². The van der Waals surface area contributed by atoms with Gasteiger partial charge < -0.3 is 39.4 Å². The van der Waals surface area contributed by atoms with Gasteiger partial charge in [-0.15, -0.1) is 0 Å². The smallest absolute Gasteiger partial charge is 0.449 e. The Bertz CT molecular complexity index is 887. The first-order valence-electron chi connectivity index (χ1n) is 7.53. The molecule has 0 aliphatic rings. The number of hydrogen-bond acceptors (Lipinski definition) is 8. The zero-order valence-electron chi connectivity index (χ0n) is 14.2. The predicted octanol–water partition coefficient (Wildman–Crippen LogP) is 3.50. The standard InChI is InChI=1S/C17H12O12/c18-14(19)26-10-1-3-12(28-16(22)23)8(6-10)5-9-7-11(27-15(20)21)2-4-13(9)29-17(24)25/h1-4,6-7H,5H2,(H,18,19)(H,20,21)(H,22,23)(H,24,25). The van der Waals surface area contributed by atoms with Crippen molar-refractivity contribution < 1.29 is 58.6 Å². The molecule has 0 aliphatic heterocycles. The van der Waals surface area contributed by atoms with E-state index in [1.807, 2.05) is 0 Å². The minimum absolute atomic E-state index is 0.0777. The minimum atomic E-state index is -1.65. The van der Waals surface area contributed by atoms with Crippen LogP contribution >= 0.6 is 0 Å². The number of benzene rings is 2. The van der Waals surface area contributed by atoms with Crippen LogP contribution in [0.5, 0.6) is 23.0 Å². The van der Waals surface area contributed by atoms with Crippen molar-refractivity contribution in [3.05, 3.63) is 47.5 Å². The highest BCUT2D eigenvalue weighted by Crippen LogP contribution is 2.32. The summed E-state index contributed by atoms with van der Waals surface area (Å²) in [5.41, 5.74) is 0.155. The summed E-state index contributed by atoms with van der Waals surface area (Å²) in [5, 5.41) is 35.1. The summed E-state index contributed by atoms with van der Waals surface area (Å²) in [4.78, 5) is 43.2. The lowest BCUT2D eigenvalue weighted by Crippen LogP contribution is -2.09. The van der Waals surface area contributed by atoms with E-state index in [1.54, 1.807) is 0 Å². The molecule has 12 nitrogen and oxygen atoms in total. The molecule has 0 aliphatic carbocycles. The number of carboxylic acid groups (broad SMARTS) is 4. The molecule has 2 aromatic rings. The van der Waals surface area contributed by atoms with Crippen molar-refractivity contribution in [2.45, 2.75) is 6.42 Å². The Morgan fingerprint density at radius 1 is 0.586 bits per heavy atom. The molecule has 0 unspecified atom stereocenters. The fourth-order valence-corrected chi connectivity index (χ4v) is 2.31. The molecule has 29 heavy (non-hydrogen) atoms. The van der Waals surface area contributed by atoms with Gasteiger partial charge in [0.2, 0.25) is 0 Å². The average molecular weight is 408 g/mol. The first-order valence-corrected chi connectivity index (χ1v) is 7.53. The van der Waals surface area contributed by atoms with Gasteiger partial charge in [0.1, 0.15) is 23.0 Å². The molecule has 0 heterocycles. The zero-order chi connectivity index (χ0) is 21.6. The largest absolute Gasteiger partial charge is 0.511 e. The highest BCUT2D eigenvalue weighted by Gasteiger charge is 2.17. The molecule has 0 atom stereocenters. The molecule has 0 bridgehead atoms. The fourth-order valence-electron chi connectivity index (χ4n) is 2.31. The summed E-state index contributed by atoms with van der Waals surface area (Å²) in [5.74, 6) is -0.713. The van der Waals surface area contributed by atoms with E-state index in [1.165, 1.54) is 0 Å². The van der Waals surface area contributed by atoms with Crippen LogP contribution in [0.25, 0.3) is 0 Å². The quantitative estimate of drug-likeness (QED) is 0.403. The molecule has 0 aromatic heterocycles. The molecular weight excluding hydrogens is 396 g/mol. The minimum Gasteiger partial charge on any atom is -0.449 e. The first-order chi connectivity index (χ1) is 13.6. The lowest BCUT2D eigenvalue weighted by Gasteiger charge is -2.13. The predicted molar refractivity (Wildman–Crippen MR) is 90.3 cm³/mol. The van der Waals surface area contributed by atoms with Crippen molar-refractivity contribution >= 4 is 24.6 Å². The van der Waals surface area contributed by atoms with Crippen LogP contribution in [0, 0.1) is 0 Å². The van der Waals surface area contributed by atoms with Gasteiger partial charge in [-0.3, -0.25) is 0 Å². The van der Waals surface area contributed by atoms with Gasteiger partial charge in [0, 0.05) is 17.5 Å². The highest BCUT2D eigenvalue weighted by molar-refractivity contribution is 5.66. The van der Waals surface area contributed by atoms with Crippen LogP contribution in [0.1, 0.15) is 11.1 Å². The maximum atomic E-state index is 10.9. The summed E-state index contributed by atoms with van der Waals surface area (Å²) in [6.45, 7) is 0. The Hall–Kier alpha value is -4.48. The second-order valence-corrected chi connectivity index (χ2v) is 5.19. The SMILES string of the molecule is O=C(O)Oc1ccc(OC(=O)O)c(Cc2cc(OC(=O)O)ccc2OC(=O)O)c1. The van der Waals surface area contributed by atoms with E-state index in [0.29, 0.717) is 0 Å². The third kappa shape index (κ3) is 6.32. The third-order valence-electron chi connectivity index (χ3n) is 3.25. The summed E-state index contributed by atoms with van der Waals surface area (Å²) < 4.78 is 18.3.